The van der Waals surface area contributed by atoms with Crippen molar-refractivity contribution in [2.24, 2.45) is 5.92 Å². The summed E-state index contributed by atoms with van der Waals surface area (Å²) in [5, 5.41) is 11.3. The van der Waals surface area contributed by atoms with Gasteiger partial charge in [0.2, 0.25) is 9.84 Å². The normalized spacial score (nSPS) is 12.7. The van der Waals surface area contributed by atoms with Gasteiger partial charge in [-0.3, -0.25) is 0 Å². The van der Waals surface area contributed by atoms with E-state index in [1.165, 1.54) is 0 Å². The van der Waals surface area contributed by atoms with Gasteiger partial charge in [0.15, 0.2) is 11.1 Å². The first kappa shape index (κ1) is 20.7. The van der Waals surface area contributed by atoms with Crippen molar-refractivity contribution in [3.8, 4) is 6.07 Å². The quantitative estimate of drug-likeness (QED) is 0.583. The molecule has 0 amide bonds. The smallest absolute Gasteiger partial charge is 0.200 e. The number of benzene rings is 2. The Bertz CT molecular complexity index is 1160. The average Bonchev–Trinajstić information content (AvgIpc) is 2.68. The van der Waals surface area contributed by atoms with E-state index in [4.69, 9.17) is 0 Å². The van der Waals surface area contributed by atoms with E-state index in [1.807, 2.05) is 12.1 Å². The summed E-state index contributed by atoms with van der Waals surface area (Å²) in [5.41, 5.74) is 1.13. The maximum absolute atomic E-state index is 13.2. The van der Waals surface area contributed by atoms with Crippen LogP contribution in [0, 0.1) is 23.1 Å². The molecule has 1 aromatic heterocycles. The van der Waals surface area contributed by atoms with Crippen molar-refractivity contribution in [3.63, 3.8) is 0 Å². The molecule has 1 heterocycles. The molecule has 3 rings (SSSR count). The van der Waals surface area contributed by atoms with Crippen LogP contribution < -0.4 is 5.32 Å². The van der Waals surface area contributed by atoms with Gasteiger partial charge in [0, 0.05) is 6.54 Å². The lowest BCUT2D eigenvalue weighted by molar-refractivity contribution is 0.588. The number of rotatable bonds is 7. The van der Waals surface area contributed by atoms with E-state index in [0.29, 0.717) is 23.5 Å². The Hall–Kier alpha value is -3.05. The van der Waals surface area contributed by atoms with Crippen LogP contribution in [0.3, 0.4) is 0 Å². The lowest BCUT2D eigenvalue weighted by Crippen LogP contribution is -2.18. The number of aromatic nitrogens is 2. The highest BCUT2D eigenvalue weighted by atomic mass is 32.2. The van der Waals surface area contributed by atoms with Crippen molar-refractivity contribution >= 4 is 26.7 Å². The summed E-state index contributed by atoms with van der Waals surface area (Å²) < 4.78 is 39.4. The fraction of sp³-hybridized carbons (Fsp3) is 0.286. The van der Waals surface area contributed by atoms with E-state index >= 15 is 0 Å². The van der Waals surface area contributed by atoms with Gasteiger partial charge >= 0.3 is 0 Å². The molecule has 0 saturated heterocycles. The Labute approximate surface area is 169 Å². The monoisotopic (exact) mass is 412 g/mol. The molecule has 8 heteroatoms. The second-order valence-electron chi connectivity index (χ2n) is 7.06. The van der Waals surface area contributed by atoms with E-state index < -0.39 is 20.9 Å². The van der Waals surface area contributed by atoms with Gasteiger partial charge in [-0.15, -0.1) is 0 Å². The number of fused-ring (bicyclic) bond motifs is 1. The van der Waals surface area contributed by atoms with Crippen LogP contribution in [0.1, 0.15) is 31.2 Å². The second kappa shape index (κ2) is 8.53. The van der Waals surface area contributed by atoms with Gasteiger partial charge in [-0.1, -0.05) is 26.0 Å². The number of nitriles is 1. The molecule has 29 heavy (non-hydrogen) atoms. The minimum atomic E-state index is -4.12. The average molecular weight is 412 g/mol. The second-order valence-corrected chi connectivity index (χ2v) is 9.10. The molecule has 0 aliphatic carbocycles. The van der Waals surface area contributed by atoms with Crippen molar-refractivity contribution < 1.29 is 12.8 Å². The first-order valence-corrected chi connectivity index (χ1v) is 10.8. The van der Waals surface area contributed by atoms with Crippen LogP contribution in [0.5, 0.6) is 0 Å². The van der Waals surface area contributed by atoms with Crippen molar-refractivity contribution in [2.45, 2.75) is 30.4 Å². The number of hydrogen-bond acceptors (Lipinski definition) is 6. The highest BCUT2D eigenvalue weighted by Gasteiger charge is 2.33. The first-order chi connectivity index (χ1) is 13.8. The number of hydrogen-bond donors (Lipinski definition) is 1. The van der Waals surface area contributed by atoms with Gasteiger partial charge in [-0.05, 0) is 48.7 Å². The summed E-state index contributed by atoms with van der Waals surface area (Å²) in [6, 6.07) is 13.3. The summed E-state index contributed by atoms with van der Waals surface area (Å²) in [4.78, 5) is 8.82. The van der Waals surface area contributed by atoms with E-state index in [2.05, 4.69) is 29.1 Å². The fourth-order valence-electron chi connectivity index (χ4n) is 2.84. The van der Waals surface area contributed by atoms with Crippen LogP contribution in [0.2, 0.25) is 0 Å². The summed E-state index contributed by atoms with van der Waals surface area (Å²) in [5.74, 6) is 0.148. The molecule has 0 aliphatic heterocycles. The van der Waals surface area contributed by atoms with Crippen LogP contribution in [0.25, 0.3) is 11.0 Å². The maximum atomic E-state index is 13.2. The zero-order chi connectivity index (χ0) is 21.0. The molecule has 0 bridgehead atoms. The molecule has 1 N–H and O–H groups in total. The largest absolute Gasteiger partial charge is 0.368 e. The third-order valence-corrected chi connectivity index (χ3v) is 6.31. The Balaban J connectivity index is 2.11. The molecule has 2 aromatic carbocycles. The summed E-state index contributed by atoms with van der Waals surface area (Å²) in [6.07, 6.45) is 0.843. The van der Waals surface area contributed by atoms with Crippen LogP contribution in [0.15, 0.2) is 53.4 Å². The molecule has 0 aliphatic rings. The molecule has 3 aromatic rings. The van der Waals surface area contributed by atoms with Crippen molar-refractivity contribution in [1.82, 2.24) is 9.97 Å². The first-order valence-electron chi connectivity index (χ1n) is 9.22. The van der Waals surface area contributed by atoms with Gasteiger partial charge in [0.1, 0.15) is 11.5 Å². The Morgan fingerprint density at radius 1 is 1.07 bits per heavy atom. The molecular weight excluding hydrogens is 391 g/mol. The van der Waals surface area contributed by atoms with Crippen molar-refractivity contribution in [3.05, 3.63) is 60.0 Å². The fourth-order valence-corrected chi connectivity index (χ4v) is 4.23. The Morgan fingerprint density at radius 3 is 2.28 bits per heavy atom. The number of anilines is 1. The molecule has 0 unspecified atom stereocenters. The number of para-hydroxylation sites is 2. The zero-order valence-electron chi connectivity index (χ0n) is 16.1. The molecular formula is C21H21FN4O2S. The van der Waals surface area contributed by atoms with Crippen LogP contribution in [0.4, 0.5) is 10.2 Å². The van der Waals surface area contributed by atoms with E-state index in [-0.39, 0.29) is 16.4 Å². The highest BCUT2D eigenvalue weighted by molar-refractivity contribution is 7.92. The number of nitrogens with zero attached hydrogens (tertiary/aromatic N) is 3. The minimum Gasteiger partial charge on any atom is -0.368 e. The minimum absolute atomic E-state index is 0.0410. The predicted octanol–water partition coefficient (Wildman–Crippen LogP) is 4.27. The third-order valence-electron chi connectivity index (χ3n) is 4.43. The topological polar surface area (TPSA) is 95.7 Å². The van der Waals surface area contributed by atoms with Crippen LogP contribution >= 0.6 is 0 Å². The van der Waals surface area contributed by atoms with Gasteiger partial charge in [0.25, 0.3) is 0 Å². The molecule has 150 valence electrons. The standard InChI is InChI=1S/C21H21FN4O2S/c1-14(2)11-12-24-21-20(25-17-5-3-4-6-18(17)26-21)19(13-23)29(27,28)16-9-7-15(22)8-10-16/h3-10,14,19H,11-12H2,1-2H3,(H,24,26)/t19-/m0/s1. The number of nitrogens with one attached hydrogen (secondary N) is 1. The third kappa shape index (κ3) is 4.51. The summed E-state index contributed by atoms with van der Waals surface area (Å²) in [7, 11) is -4.12. The maximum Gasteiger partial charge on any atom is 0.200 e. The Kier molecular flexibility index (Phi) is 6.09. The van der Waals surface area contributed by atoms with Crippen molar-refractivity contribution in [2.75, 3.05) is 11.9 Å². The van der Waals surface area contributed by atoms with E-state index in [9.17, 15) is 18.1 Å². The zero-order valence-corrected chi connectivity index (χ0v) is 16.9. The SMILES string of the molecule is CC(C)CCNc1nc2ccccc2nc1[C@H](C#N)S(=O)(=O)c1ccc(F)cc1. The summed E-state index contributed by atoms with van der Waals surface area (Å²) in [6.45, 7) is 4.71. The molecule has 0 fully saturated rings. The van der Waals surface area contributed by atoms with Gasteiger partial charge in [-0.25, -0.2) is 22.8 Å². The van der Waals surface area contributed by atoms with Gasteiger partial charge in [0.05, 0.1) is 22.0 Å². The summed E-state index contributed by atoms with van der Waals surface area (Å²) >= 11 is 0. The van der Waals surface area contributed by atoms with Crippen LogP contribution in [-0.4, -0.2) is 24.9 Å². The number of halogens is 1. The lowest BCUT2D eigenvalue weighted by atomic mass is 10.1. The Morgan fingerprint density at radius 2 is 1.69 bits per heavy atom. The van der Waals surface area contributed by atoms with E-state index in [1.54, 1.807) is 18.2 Å². The van der Waals surface area contributed by atoms with Gasteiger partial charge < -0.3 is 5.32 Å². The predicted molar refractivity (Wildman–Crippen MR) is 109 cm³/mol. The highest BCUT2D eigenvalue weighted by Crippen LogP contribution is 2.32. The molecule has 0 saturated carbocycles. The molecule has 6 nitrogen and oxygen atoms in total. The van der Waals surface area contributed by atoms with Gasteiger partial charge in [-0.2, -0.15) is 5.26 Å². The molecule has 0 radical (unpaired) electrons. The van der Waals surface area contributed by atoms with E-state index in [0.717, 1.165) is 30.7 Å². The lowest BCUT2D eigenvalue weighted by Gasteiger charge is -2.16. The molecule has 1 atom stereocenters. The number of sulfone groups is 1. The molecule has 0 spiro atoms. The van der Waals surface area contributed by atoms with Crippen molar-refractivity contribution in [1.29, 1.82) is 5.26 Å². The van der Waals surface area contributed by atoms with Crippen LogP contribution in [-0.2, 0) is 9.84 Å².